The molecule has 0 aliphatic carbocycles. The summed E-state index contributed by atoms with van der Waals surface area (Å²) in [6, 6.07) is 9.24. The summed E-state index contributed by atoms with van der Waals surface area (Å²) in [4.78, 5) is 2.60. The van der Waals surface area contributed by atoms with Crippen molar-refractivity contribution in [1.29, 1.82) is 0 Å². The van der Waals surface area contributed by atoms with Crippen molar-refractivity contribution in [2.24, 2.45) is 5.11 Å². The molecule has 0 unspecified atom stereocenters. The lowest BCUT2D eigenvalue weighted by atomic mass is 10.1. The van der Waals surface area contributed by atoms with Crippen LogP contribution in [0.4, 0.5) is 0 Å². The zero-order valence-corrected chi connectivity index (χ0v) is 9.50. The van der Waals surface area contributed by atoms with Gasteiger partial charge in [-0.25, -0.2) is 0 Å². The second kappa shape index (κ2) is 6.56. The summed E-state index contributed by atoms with van der Waals surface area (Å²) < 4.78 is 4.86. The molecule has 0 radical (unpaired) electrons. The summed E-state index contributed by atoms with van der Waals surface area (Å²) in [5.74, 6) is 5.48. The molecule has 0 saturated carbocycles. The van der Waals surface area contributed by atoms with E-state index in [-0.39, 0.29) is 13.2 Å². The van der Waals surface area contributed by atoms with Crippen LogP contribution in [-0.4, -0.2) is 31.0 Å². The van der Waals surface area contributed by atoms with Crippen LogP contribution in [0.1, 0.15) is 5.56 Å². The minimum Gasteiger partial charge on any atom is -0.381 e. The number of rotatable bonds is 4. The number of ether oxygens (including phenoxy) is 1. The first kappa shape index (κ1) is 13.1. The average molecular weight is 231 g/mol. The molecule has 0 bridgehead atoms. The van der Waals surface area contributed by atoms with Crippen LogP contribution < -0.4 is 0 Å². The third kappa shape index (κ3) is 4.58. The molecule has 1 aromatic rings. The molecule has 0 aromatic heterocycles. The van der Waals surface area contributed by atoms with Gasteiger partial charge in [-0.15, -0.1) is 0 Å². The Morgan fingerprint density at radius 3 is 2.76 bits per heavy atom. The molecule has 1 N–H and O–H groups in total. The zero-order valence-electron chi connectivity index (χ0n) is 9.50. The smallest absolute Gasteiger partial charge is 0.154 e. The van der Waals surface area contributed by atoms with Crippen LogP contribution in [0.2, 0.25) is 0 Å². The first-order chi connectivity index (χ1) is 8.20. The molecule has 0 amide bonds. The molecule has 0 aliphatic rings. The third-order valence-electron chi connectivity index (χ3n) is 1.99. The molecule has 5 nitrogen and oxygen atoms in total. The van der Waals surface area contributed by atoms with E-state index >= 15 is 0 Å². The summed E-state index contributed by atoms with van der Waals surface area (Å²) >= 11 is 0. The quantitative estimate of drug-likeness (QED) is 0.370. The van der Waals surface area contributed by atoms with Crippen molar-refractivity contribution in [3.05, 3.63) is 46.3 Å². The van der Waals surface area contributed by atoms with Gasteiger partial charge in [-0.1, -0.05) is 35.2 Å². The summed E-state index contributed by atoms with van der Waals surface area (Å²) in [6.45, 7) is -0.150. The highest BCUT2D eigenvalue weighted by Crippen LogP contribution is 2.06. The molecule has 0 heterocycles. The van der Waals surface area contributed by atoms with Crippen LogP contribution in [0, 0.1) is 11.8 Å². The lowest BCUT2D eigenvalue weighted by molar-refractivity contribution is 0.0203. The number of benzene rings is 1. The van der Waals surface area contributed by atoms with Crippen molar-refractivity contribution in [3.63, 3.8) is 0 Å². The predicted octanol–water partition coefficient (Wildman–Crippen LogP) is 1.73. The SMILES string of the molecule is COC[C@](O)(C#Cc1ccccc1)CN=[N+]=[N-]. The Labute approximate surface area is 99.7 Å². The molecule has 1 rings (SSSR count). The number of aliphatic hydroxyl groups is 1. The maximum absolute atomic E-state index is 10.0. The highest BCUT2D eigenvalue weighted by molar-refractivity contribution is 5.36. The van der Waals surface area contributed by atoms with Crippen LogP contribution in [0.25, 0.3) is 10.4 Å². The minimum absolute atomic E-state index is 0.00808. The fourth-order valence-corrected chi connectivity index (χ4v) is 1.22. The highest BCUT2D eigenvalue weighted by atomic mass is 16.5. The lowest BCUT2D eigenvalue weighted by Crippen LogP contribution is -2.35. The number of azide groups is 1. The molecule has 17 heavy (non-hydrogen) atoms. The van der Waals surface area contributed by atoms with Gasteiger partial charge >= 0.3 is 0 Å². The minimum atomic E-state index is -1.45. The fourth-order valence-electron chi connectivity index (χ4n) is 1.22. The van der Waals surface area contributed by atoms with E-state index in [1.54, 1.807) is 0 Å². The molecular weight excluding hydrogens is 218 g/mol. The second-order valence-electron chi connectivity index (χ2n) is 3.47. The summed E-state index contributed by atoms with van der Waals surface area (Å²) in [5, 5.41) is 13.4. The van der Waals surface area contributed by atoms with Crippen molar-refractivity contribution >= 4 is 0 Å². The number of hydrogen-bond acceptors (Lipinski definition) is 3. The van der Waals surface area contributed by atoms with Gasteiger partial charge in [0.15, 0.2) is 5.60 Å². The van der Waals surface area contributed by atoms with Crippen LogP contribution in [0.5, 0.6) is 0 Å². The predicted molar refractivity (Wildman–Crippen MR) is 64.2 cm³/mol. The number of hydrogen-bond donors (Lipinski definition) is 1. The topological polar surface area (TPSA) is 78.2 Å². The number of methoxy groups -OCH3 is 1. The summed E-state index contributed by atoms with van der Waals surface area (Å²) in [6.07, 6.45) is 0. The van der Waals surface area contributed by atoms with Crippen LogP contribution in [0.15, 0.2) is 35.4 Å². The van der Waals surface area contributed by atoms with Crippen molar-refractivity contribution in [2.75, 3.05) is 20.3 Å². The molecule has 0 fully saturated rings. The van der Waals surface area contributed by atoms with Crippen molar-refractivity contribution in [3.8, 4) is 11.8 Å². The Kier molecular flexibility index (Phi) is 5.05. The van der Waals surface area contributed by atoms with E-state index in [2.05, 4.69) is 21.9 Å². The zero-order chi connectivity index (χ0) is 12.6. The Morgan fingerprint density at radius 1 is 1.47 bits per heavy atom. The Morgan fingerprint density at radius 2 is 2.18 bits per heavy atom. The Hall–Kier alpha value is -1.99. The van der Waals surface area contributed by atoms with Crippen LogP contribution in [0.3, 0.4) is 0 Å². The Balaban J connectivity index is 2.86. The van der Waals surface area contributed by atoms with Crippen molar-refractivity contribution < 1.29 is 9.84 Å². The first-order valence-electron chi connectivity index (χ1n) is 5.00. The highest BCUT2D eigenvalue weighted by Gasteiger charge is 2.23. The summed E-state index contributed by atoms with van der Waals surface area (Å²) in [5.41, 5.74) is 7.57. The largest absolute Gasteiger partial charge is 0.381 e. The van der Waals surface area contributed by atoms with Gasteiger partial charge in [0, 0.05) is 17.6 Å². The van der Waals surface area contributed by atoms with Gasteiger partial charge in [-0.2, -0.15) is 0 Å². The maximum atomic E-state index is 10.0. The van der Waals surface area contributed by atoms with E-state index in [9.17, 15) is 5.11 Å². The molecule has 0 saturated heterocycles. The van der Waals surface area contributed by atoms with Gasteiger partial charge < -0.3 is 9.84 Å². The van der Waals surface area contributed by atoms with Gasteiger partial charge in [0.05, 0.1) is 13.2 Å². The summed E-state index contributed by atoms with van der Waals surface area (Å²) in [7, 11) is 1.45. The van der Waals surface area contributed by atoms with Gasteiger partial charge in [0.25, 0.3) is 0 Å². The fraction of sp³-hybridized carbons (Fsp3) is 0.333. The van der Waals surface area contributed by atoms with Crippen LogP contribution >= 0.6 is 0 Å². The molecule has 88 valence electrons. The molecule has 0 spiro atoms. The van der Waals surface area contributed by atoms with Gasteiger partial charge in [0.1, 0.15) is 0 Å². The monoisotopic (exact) mass is 231 g/mol. The van der Waals surface area contributed by atoms with Crippen molar-refractivity contribution in [2.45, 2.75) is 5.60 Å². The molecular formula is C12H13N3O2. The molecule has 1 aromatic carbocycles. The van der Waals surface area contributed by atoms with Gasteiger partial charge in [-0.3, -0.25) is 0 Å². The van der Waals surface area contributed by atoms with Gasteiger partial charge in [0.2, 0.25) is 0 Å². The van der Waals surface area contributed by atoms with E-state index in [4.69, 9.17) is 10.3 Å². The van der Waals surface area contributed by atoms with E-state index < -0.39 is 5.60 Å². The molecule has 5 heteroatoms. The Bertz CT molecular complexity index is 458. The second-order valence-corrected chi connectivity index (χ2v) is 3.47. The first-order valence-corrected chi connectivity index (χ1v) is 5.00. The molecule has 0 aliphatic heterocycles. The standard InChI is InChI=1S/C12H13N3O2/c1-17-10-12(16,9-14-15-13)8-7-11-5-3-2-4-6-11/h2-6,16H,9-10H2,1H3/t12-/m0/s1. The van der Waals surface area contributed by atoms with E-state index in [1.165, 1.54) is 7.11 Å². The normalized spacial score (nSPS) is 12.8. The third-order valence-corrected chi connectivity index (χ3v) is 1.99. The van der Waals surface area contributed by atoms with E-state index in [0.717, 1.165) is 5.56 Å². The van der Waals surface area contributed by atoms with Gasteiger partial charge in [-0.05, 0) is 17.7 Å². The number of nitrogens with zero attached hydrogens (tertiary/aromatic N) is 3. The van der Waals surface area contributed by atoms with Crippen molar-refractivity contribution in [1.82, 2.24) is 0 Å². The molecule has 1 atom stereocenters. The van der Waals surface area contributed by atoms with E-state index in [0.29, 0.717) is 0 Å². The average Bonchev–Trinajstić information content (AvgIpc) is 2.36. The van der Waals surface area contributed by atoms with E-state index in [1.807, 2.05) is 30.3 Å². The maximum Gasteiger partial charge on any atom is 0.154 e. The van der Waals surface area contributed by atoms with Crippen LogP contribution in [-0.2, 0) is 4.74 Å². The lowest BCUT2D eigenvalue weighted by Gasteiger charge is -2.18.